The first-order valence-electron chi connectivity index (χ1n) is 5.11. The van der Waals surface area contributed by atoms with Gasteiger partial charge < -0.3 is 4.74 Å². The standard InChI is InChI=1S/C11H14N2O2/c1-2-15-11(14)10-8-13(10)7-9-4-3-5-12-6-9/h3-6,10H,2,7-8H2,1H3/t10-,13?/m0/s1. The molecule has 0 amide bonds. The highest BCUT2D eigenvalue weighted by atomic mass is 16.5. The van der Waals surface area contributed by atoms with Gasteiger partial charge >= 0.3 is 5.97 Å². The molecule has 80 valence electrons. The molecule has 4 heteroatoms. The molecule has 15 heavy (non-hydrogen) atoms. The van der Waals surface area contributed by atoms with Crippen molar-refractivity contribution in [2.24, 2.45) is 0 Å². The second-order valence-electron chi connectivity index (χ2n) is 3.56. The molecule has 1 aliphatic heterocycles. The Hall–Kier alpha value is -1.42. The van der Waals surface area contributed by atoms with E-state index >= 15 is 0 Å². The van der Waals surface area contributed by atoms with E-state index in [1.807, 2.05) is 25.3 Å². The summed E-state index contributed by atoms with van der Waals surface area (Å²) in [7, 11) is 0. The lowest BCUT2D eigenvalue weighted by Gasteiger charge is -2.03. The fourth-order valence-electron chi connectivity index (χ4n) is 1.54. The zero-order valence-electron chi connectivity index (χ0n) is 8.72. The maximum absolute atomic E-state index is 11.3. The first-order valence-corrected chi connectivity index (χ1v) is 5.11. The summed E-state index contributed by atoms with van der Waals surface area (Å²) in [4.78, 5) is 17.4. The van der Waals surface area contributed by atoms with Crippen LogP contribution in [0.5, 0.6) is 0 Å². The van der Waals surface area contributed by atoms with Gasteiger partial charge in [-0.2, -0.15) is 0 Å². The molecule has 1 fully saturated rings. The molecule has 2 rings (SSSR count). The molecule has 0 radical (unpaired) electrons. The van der Waals surface area contributed by atoms with E-state index < -0.39 is 0 Å². The number of carbonyl (C=O) groups excluding carboxylic acids is 1. The summed E-state index contributed by atoms with van der Waals surface area (Å²) in [6, 6.07) is 3.87. The minimum atomic E-state index is -0.110. The number of rotatable bonds is 4. The molecule has 0 spiro atoms. The SMILES string of the molecule is CCOC(=O)[C@@H]1CN1Cc1cccnc1. The average molecular weight is 206 g/mol. The molecule has 1 aromatic heterocycles. The largest absolute Gasteiger partial charge is 0.465 e. The van der Waals surface area contributed by atoms with Crippen molar-refractivity contribution in [1.82, 2.24) is 9.88 Å². The summed E-state index contributed by atoms with van der Waals surface area (Å²) in [5.74, 6) is -0.110. The Morgan fingerprint density at radius 1 is 1.73 bits per heavy atom. The monoisotopic (exact) mass is 206 g/mol. The van der Waals surface area contributed by atoms with Crippen LogP contribution in [-0.4, -0.2) is 35.0 Å². The molecule has 0 bridgehead atoms. The summed E-state index contributed by atoms with van der Waals surface area (Å²) in [6.45, 7) is 3.85. The predicted octanol–water partition coefficient (Wildman–Crippen LogP) is 0.829. The number of esters is 1. The molecule has 2 heterocycles. The Morgan fingerprint density at radius 2 is 2.60 bits per heavy atom. The molecule has 0 aromatic carbocycles. The number of carbonyl (C=O) groups is 1. The summed E-state index contributed by atoms with van der Waals surface area (Å²) in [6.07, 6.45) is 3.56. The maximum atomic E-state index is 11.3. The van der Waals surface area contributed by atoms with Gasteiger partial charge in [0.15, 0.2) is 0 Å². The predicted molar refractivity (Wildman–Crippen MR) is 55.1 cm³/mol. The van der Waals surface area contributed by atoms with Gasteiger partial charge in [-0.15, -0.1) is 0 Å². The van der Waals surface area contributed by atoms with Crippen LogP contribution in [0.15, 0.2) is 24.5 Å². The molecule has 1 aromatic rings. The number of hydrogen-bond donors (Lipinski definition) is 0. The molecule has 1 unspecified atom stereocenters. The Kier molecular flexibility index (Phi) is 2.97. The highest BCUT2D eigenvalue weighted by Crippen LogP contribution is 2.21. The van der Waals surface area contributed by atoms with E-state index in [0.717, 1.165) is 18.7 Å². The van der Waals surface area contributed by atoms with E-state index in [-0.39, 0.29) is 12.0 Å². The van der Waals surface area contributed by atoms with Crippen LogP contribution in [-0.2, 0) is 16.1 Å². The Balaban J connectivity index is 1.83. The number of nitrogens with zero attached hydrogens (tertiary/aromatic N) is 2. The highest BCUT2D eigenvalue weighted by Gasteiger charge is 2.41. The highest BCUT2D eigenvalue weighted by molar-refractivity contribution is 5.79. The molecule has 0 saturated carbocycles. The minimum Gasteiger partial charge on any atom is -0.465 e. The van der Waals surface area contributed by atoms with Gasteiger partial charge in [-0.25, -0.2) is 0 Å². The van der Waals surface area contributed by atoms with Crippen LogP contribution in [0.4, 0.5) is 0 Å². The van der Waals surface area contributed by atoms with Crippen LogP contribution in [0.2, 0.25) is 0 Å². The van der Waals surface area contributed by atoms with Gasteiger partial charge in [0.05, 0.1) is 6.61 Å². The van der Waals surface area contributed by atoms with E-state index in [1.165, 1.54) is 0 Å². The van der Waals surface area contributed by atoms with E-state index in [9.17, 15) is 4.79 Å². The summed E-state index contributed by atoms with van der Waals surface area (Å²) < 4.78 is 4.94. The van der Waals surface area contributed by atoms with Gasteiger partial charge in [-0.05, 0) is 18.6 Å². The lowest BCUT2D eigenvalue weighted by Crippen LogP contribution is -2.16. The fourth-order valence-corrected chi connectivity index (χ4v) is 1.54. The third kappa shape index (κ3) is 2.53. The lowest BCUT2D eigenvalue weighted by molar-refractivity contribution is -0.143. The molecule has 0 aliphatic carbocycles. The minimum absolute atomic E-state index is 0.0369. The third-order valence-electron chi connectivity index (χ3n) is 2.38. The molecule has 0 N–H and O–H groups in total. The maximum Gasteiger partial charge on any atom is 0.324 e. The van der Waals surface area contributed by atoms with Crippen LogP contribution < -0.4 is 0 Å². The van der Waals surface area contributed by atoms with Crippen molar-refractivity contribution >= 4 is 5.97 Å². The summed E-state index contributed by atoms with van der Waals surface area (Å²) in [5.41, 5.74) is 1.13. The third-order valence-corrected chi connectivity index (χ3v) is 2.38. The summed E-state index contributed by atoms with van der Waals surface area (Å²) in [5, 5.41) is 0. The summed E-state index contributed by atoms with van der Waals surface area (Å²) >= 11 is 0. The van der Waals surface area contributed by atoms with Crippen molar-refractivity contribution in [2.75, 3.05) is 13.2 Å². The van der Waals surface area contributed by atoms with Crippen molar-refractivity contribution < 1.29 is 9.53 Å². The van der Waals surface area contributed by atoms with Crippen LogP contribution >= 0.6 is 0 Å². The first kappa shape index (κ1) is 10.1. The lowest BCUT2D eigenvalue weighted by atomic mass is 10.3. The van der Waals surface area contributed by atoms with E-state index in [2.05, 4.69) is 9.88 Å². The quantitative estimate of drug-likeness (QED) is 0.540. The topological polar surface area (TPSA) is 42.2 Å². The zero-order valence-corrected chi connectivity index (χ0v) is 8.72. The van der Waals surface area contributed by atoms with E-state index in [0.29, 0.717) is 6.61 Å². The molecular formula is C11H14N2O2. The number of pyridine rings is 1. The van der Waals surface area contributed by atoms with Gasteiger partial charge in [0, 0.05) is 25.5 Å². The van der Waals surface area contributed by atoms with Crippen molar-refractivity contribution in [3.63, 3.8) is 0 Å². The van der Waals surface area contributed by atoms with Gasteiger partial charge in [0.2, 0.25) is 0 Å². The van der Waals surface area contributed by atoms with Crippen LogP contribution in [0.25, 0.3) is 0 Å². The van der Waals surface area contributed by atoms with Gasteiger partial charge in [0.25, 0.3) is 0 Å². The number of aromatic nitrogens is 1. The van der Waals surface area contributed by atoms with Crippen molar-refractivity contribution in [1.29, 1.82) is 0 Å². The molecule has 1 aliphatic rings. The van der Waals surface area contributed by atoms with E-state index in [1.54, 1.807) is 6.20 Å². The number of hydrogen-bond acceptors (Lipinski definition) is 4. The Labute approximate surface area is 88.9 Å². The molecule has 1 saturated heterocycles. The average Bonchev–Trinajstić information content (AvgIpc) is 2.99. The van der Waals surface area contributed by atoms with Gasteiger partial charge in [-0.1, -0.05) is 6.07 Å². The van der Waals surface area contributed by atoms with Crippen molar-refractivity contribution in [2.45, 2.75) is 19.5 Å². The Morgan fingerprint density at radius 3 is 3.27 bits per heavy atom. The Bertz CT molecular complexity index is 340. The fraction of sp³-hybridized carbons (Fsp3) is 0.455. The van der Waals surface area contributed by atoms with Crippen molar-refractivity contribution in [3.05, 3.63) is 30.1 Å². The second-order valence-corrected chi connectivity index (χ2v) is 3.56. The smallest absolute Gasteiger partial charge is 0.324 e. The van der Waals surface area contributed by atoms with Gasteiger partial charge in [-0.3, -0.25) is 14.7 Å². The zero-order chi connectivity index (χ0) is 10.7. The van der Waals surface area contributed by atoms with Gasteiger partial charge in [0.1, 0.15) is 6.04 Å². The molecule has 2 atom stereocenters. The first-order chi connectivity index (χ1) is 7.31. The normalized spacial score (nSPS) is 23.5. The van der Waals surface area contributed by atoms with Crippen molar-refractivity contribution in [3.8, 4) is 0 Å². The molecular weight excluding hydrogens is 192 g/mol. The molecule has 4 nitrogen and oxygen atoms in total. The van der Waals surface area contributed by atoms with Crippen LogP contribution in [0.1, 0.15) is 12.5 Å². The van der Waals surface area contributed by atoms with Crippen LogP contribution in [0, 0.1) is 0 Å². The van der Waals surface area contributed by atoms with E-state index in [4.69, 9.17) is 4.74 Å². The number of ether oxygens (including phenoxy) is 1. The second kappa shape index (κ2) is 4.40. The van der Waals surface area contributed by atoms with Crippen LogP contribution in [0.3, 0.4) is 0 Å².